The number of likely N-dealkylation sites (tertiary alicyclic amines) is 1. The van der Waals surface area contributed by atoms with E-state index in [1.54, 1.807) is 16.2 Å². The number of nitrogens with zero attached hydrogens (tertiary/aromatic N) is 3. The maximum Gasteiger partial charge on any atom is 0.419 e. The van der Waals surface area contributed by atoms with E-state index in [0.717, 1.165) is 24.5 Å². The number of pyridine rings is 1. The highest BCUT2D eigenvalue weighted by Crippen LogP contribution is 2.38. The van der Waals surface area contributed by atoms with Crippen LogP contribution in [0.25, 0.3) is 0 Å². The van der Waals surface area contributed by atoms with Crippen LogP contribution in [0, 0.1) is 5.92 Å². The number of piperidine rings is 1. The van der Waals surface area contributed by atoms with Gasteiger partial charge >= 0.3 is 6.18 Å². The smallest absolute Gasteiger partial charge is 0.355 e. The molecule has 4 rings (SSSR count). The van der Waals surface area contributed by atoms with Gasteiger partial charge in [0, 0.05) is 25.8 Å². The van der Waals surface area contributed by atoms with E-state index in [4.69, 9.17) is 0 Å². The molecule has 2 atom stereocenters. The molecular weight excluding hydrogens is 387 g/mol. The van der Waals surface area contributed by atoms with Crippen molar-refractivity contribution in [3.63, 3.8) is 0 Å². The van der Waals surface area contributed by atoms with Gasteiger partial charge in [-0.1, -0.05) is 0 Å². The first-order valence-corrected chi connectivity index (χ1v) is 10.5. The number of carbonyl (C=O) groups is 1. The lowest BCUT2D eigenvalue weighted by molar-refractivity contribution is -0.137. The maximum atomic E-state index is 13.4. The van der Waals surface area contributed by atoms with E-state index in [-0.39, 0.29) is 30.2 Å². The van der Waals surface area contributed by atoms with E-state index < -0.39 is 11.7 Å². The largest absolute Gasteiger partial charge is 0.419 e. The van der Waals surface area contributed by atoms with Crippen LogP contribution in [0.5, 0.6) is 0 Å². The van der Waals surface area contributed by atoms with Crippen molar-refractivity contribution < 1.29 is 18.0 Å². The van der Waals surface area contributed by atoms with Crippen LogP contribution in [0.3, 0.4) is 0 Å². The summed E-state index contributed by atoms with van der Waals surface area (Å²) in [4.78, 5) is 20.8. The van der Waals surface area contributed by atoms with Crippen molar-refractivity contribution in [2.45, 2.75) is 37.9 Å². The Labute approximate surface area is 166 Å². The second-order valence-corrected chi connectivity index (χ2v) is 8.18. The van der Waals surface area contributed by atoms with Gasteiger partial charge in [-0.3, -0.25) is 4.79 Å². The van der Waals surface area contributed by atoms with Crippen molar-refractivity contribution in [2.75, 3.05) is 24.5 Å². The lowest BCUT2D eigenvalue weighted by Crippen LogP contribution is -2.45. The van der Waals surface area contributed by atoms with Gasteiger partial charge in [-0.15, -0.1) is 0 Å². The minimum Gasteiger partial charge on any atom is -0.355 e. The molecule has 2 aromatic rings. The molecule has 2 fully saturated rings. The standard InChI is InChI=1S/C20H22F3N3OS/c21-20(22,23)16-5-1-8-24-18(16)25-9-2-4-14(12-25)19(27)26-10-3-6-17(26)15-7-11-28-13-15/h1,5,7-8,11,13-14,17H,2-4,6,9-10,12H2/t14-,17-/m0/s1. The van der Waals surface area contributed by atoms with Crippen LogP contribution in [0.2, 0.25) is 0 Å². The van der Waals surface area contributed by atoms with Crippen LogP contribution in [-0.2, 0) is 11.0 Å². The van der Waals surface area contributed by atoms with Gasteiger partial charge < -0.3 is 9.80 Å². The Bertz CT molecular complexity index is 824. The molecule has 150 valence electrons. The summed E-state index contributed by atoms with van der Waals surface area (Å²) < 4.78 is 40.1. The van der Waals surface area contributed by atoms with Gasteiger partial charge in [0.05, 0.1) is 17.5 Å². The zero-order chi connectivity index (χ0) is 19.7. The molecule has 0 spiro atoms. The molecule has 1 amide bonds. The van der Waals surface area contributed by atoms with Crippen molar-refractivity contribution >= 4 is 23.1 Å². The van der Waals surface area contributed by atoms with Gasteiger partial charge in [-0.25, -0.2) is 4.98 Å². The Morgan fingerprint density at radius 3 is 2.75 bits per heavy atom. The number of halogens is 3. The van der Waals surface area contributed by atoms with Crippen LogP contribution in [-0.4, -0.2) is 35.4 Å². The van der Waals surface area contributed by atoms with E-state index >= 15 is 0 Å². The SMILES string of the molecule is O=C([C@H]1CCCN(c2ncccc2C(F)(F)F)C1)N1CCC[C@H]1c1ccsc1. The zero-order valence-electron chi connectivity index (χ0n) is 15.4. The molecule has 2 saturated heterocycles. The van der Waals surface area contributed by atoms with Crippen LogP contribution in [0.4, 0.5) is 19.0 Å². The minimum atomic E-state index is -4.46. The topological polar surface area (TPSA) is 36.4 Å². The van der Waals surface area contributed by atoms with Crippen molar-refractivity contribution in [3.8, 4) is 0 Å². The summed E-state index contributed by atoms with van der Waals surface area (Å²) in [6.07, 6.45) is 0.207. The average molecular weight is 409 g/mol. The molecule has 0 radical (unpaired) electrons. The predicted molar refractivity (Wildman–Crippen MR) is 102 cm³/mol. The monoisotopic (exact) mass is 409 g/mol. The minimum absolute atomic E-state index is 0.0582. The molecule has 2 aliphatic heterocycles. The summed E-state index contributed by atoms with van der Waals surface area (Å²) >= 11 is 1.62. The highest BCUT2D eigenvalue weighted by Gasteiger charge is 2.39. The third-order valence-corrected chi connectivity index (χ3v) is 6.33. The number of aromatic nitrogens is 1. The van der Waals surface area contributed by atoms with E-state index in [1.165, 1.54) is 12.3 Å². The second-order valence-electron chi connectivity index (χ2n) is 7.40. The van der Waals surface area contributed by atoms with Crippen molar-refractivity contribution in [1.29, 1.82) is 0 Å². The van der Waals surface area contributed by atoms with Gasteiger partial charge in [-0.2, -0.15) is 24.5 Å². The van der Waals surface area contributed by atoms with Crippen LogP contribution in [0.15, 0.2) is 35.2 Å². The molecule has 8 heteroatoms. The average Bonchev–Trinajstić information content (AvgIpc) is 3.38. The number of carbonyl (C=O) groups excluding carboxylic acids is 1. The molecule has 4 heterocycles. The molecular formula is C20H22F3N3OS. The van der Waals surface area contributed by atoms with Crippen molar-refractivity contribution in [1.82, 2.24) is 9.88 Å². The van der Waals surface area contributed by atoms with Gasteiger partial charge in [-0.05, 0) is 60.2 Å². The highest BCUT2D eigenvalue weighted by atomic mass is 32.1. The van der Waals surface area contributed by atoms with E-state index in [9.17, 15) is 18.0 Å². The first kappa shape index (κ1) is 19.2. The number of anilines is 1. The Balaban J connectivity index is 1.52. The van der Waals surface area contributed by atoms with Crippen LogP contribution in [0.1, 0.15) is 42.9 Å². The molecule has 0 bridgehead atoms. The summed E-state index contributed by atoms with van der Waals surface area (Å²) in [7, 11) is 0. The molecule has 0 N–H and O–H groups in total. The number of amides is 1. The fourth-order valence-corrected chi connectivity index (χ4v) is 5.02. The molecule has 2 aliphatic rings. The maximum absolute atomic E-state index is 13.4. The quantitative estimate of drug-likeness (QED) is 0.735. The zero-order valence-corrected chi connectivity index (χ0v) is 16.2. The molecule has 0 unspecified atom stereocenters. The third kappa shape index (κ3) is 3.74. The normalized spacial score (nSPS) is 23.2. The number of thiophene rings is 1. The number of alkyl halides is 3. The van der Waals surface area contributed by atoms with Crippen molar-refractivity contribution in [2.24, 2.45) is 5.92 Å². The van der Waals surface area contributed by atoms with E-state index in [1.807, 2.05) is 10.3 Å². The fourth-order valence-electron chi connectivity index (χ4n) is 4.32. The van der Waals surface area contributed by atoms with E-state index in [0.29, 0.717) is 25.9 Å². The first-order valence-electron chi connectivity index (χ1n) is 9.55. The number of rotatable bonds is 3. The molecule has 2 aromatic heterocycles. The van der Waals surface area contributed by atoms with E-state index in [2.05, 4.69) is 16.4 Å². The summed E-state index contributed by atoms with van der Waals surface area (Å²) in [5, 5.41) is 4.09. The lowest BCUT2D eigenvalue weighted by atomic mass is 9.95. The Morgan fingerprint density at radius 2 is 2.00 bits per heavy atom. The van der Waals surface area contributed by atoms with Gasteiger partial charge in [0.1, 0.15) is 5.82 Å². The Morgan fingerprint density at radius 1 is 1.18 bits per heavy atom. The summed E-state index contributed by atoms with van der Waals surface area (Å²) in [6.45, 7) is 1.48. The summed E-state index contributed by atoms with van der Waals surface area (Å²) in [5.74, 6) is -0.303. The number of hydrogen-bond acceptors (Lipinski definition) is 4. The van der Waals surface area contributed by atoms with Gasteiger partial charge in [0.15, 0.2) is 0 Å². The predicted octanol–water partition coefficient (Wildman–Crippen LogP) is 4.74. The molecule has 28 heavy (non-hydrogen) atoms. The highest BCUT2D eigenvalue weighted by molar-refractivity contribution is 7.08. The number of hydrogen-bond donors (Lipinski definition) is 0. The molecule has 4 nitrogen and oxygen atoms in total. The lowest BCUT2D eigenvalue weighted by Gasteiger charge is -2.37. The molecule has 0 aliphatic carbocycles. The van der Waals surface area contributed by atoms with Crippen molar-refractivity contribution in [3.05, 3.63) is 46.3 Å². The Hall–Kier alpha value is -2.09. The summed E-state index contributed by atoms with van der Waals surface area (Å²) in [6, 6.07) is 4.50. The van der Waals surface area contributed by atoms with Gasteiger partial charge in [0.25, 0.3) is 0 Å². The van der Waals surface area contributed by atoms with Crippen LogP contribution < -0.4 is 4.90 Å². The summed E-state index contributed by atoms with van der Waals surface area (Å²) in [5.41, 5.74) is 0.424. The first-order chi connectivity index (χ1) is 13.4. The Kier molecular flexibility index (Phi) is 5.31. The fraction of sp³-hybridized carbons (Fsp3) is 0.500. The van der Waals surface area contributed by atoms with Gasteiger partial charge in [0.2, 0.25) is 5.91 Å². The molecule has 0 aromatic carbocycles. The third-order valence-electron chi connectivity index (χ3n) is 5.63. The second kappa shape index (κ2) is 7.73. The van der Waals surface area contributed by atoms with Crippen LogP contribution >= 0.6 is 11.3 Å². The molecule has 0 saturated carbocycles.